The maximum atomic E-state index is 12.4. The molecule has 3 aromatic rings. The van der Waals surface area contributed by atoms with Gasteiger partial charge in [-0.2, -0.15) is 0 Å². The Labute approximate surface area is 190 Å². The molecule has 2 heterocycles. The first-order valence-corrected chi connectivity index (χ1v) is 11.4. The summed E-state index contributed by atoms with van der Waals surface area (Å²) >= 11 is 1.43. The van der Waals surface area contributed by atoms with Gasteiger partial charge in [0, 0.05) is 23.5 Å². The van der Waals surface area contributed by atoms with E-state index in [0.717, 1.165) is 33.1 Å². The van der Waals surface area contributed by atoms with E-state index in [2.05, 4.69) is 5.32 Å². The molecule has 1 atom stereocenters. The zero-order chi connectivity index (χ0) is 22.3. The number of ether oxygens (including phenoxy) is 3. The second kappa shape index (κ2) is 10.8. The van der Waals surface area contributed by atoms with Crippen LogP contribution in [0.4, 0.5) is 0 Å². The van der Waals surface area contributed by atoms with Crippen LogP contribution in [0.3, 0.4) is 0 Å². The van der Waals surface area contributed by atoms with E-state index in [1.54, 1.807) is 0 Å². The lowest BCUT2D eigenvalue weighted by molar-refractivity contribution is 0.0511. The van der Waals surface area contributed by atoms with E-state index in [0.29, 0.717) is 56.6 Å². The van der Waals surface area contributed by atoms with Crippen molar-refractivity contribution in [2.75, 3.05) is 46.1 Å². The zero-order valence-corrected chi connectivity index (χ0v) is 18.5. The molecule has 0 saturated carbocycles. The highest BCUT2D eigenvalue weighted by molar-refractivity contribution is 7.17. The molecule has 1 aliphatic heterocycles. The SMILES string of the molecule is NCCOCCOCCNC(=O)c1ccc(-c2ccc3c(C=O)c(C4CO4)ccc3c2)s1. The van der Waals surface area contributed by atoms with E-state index < -0.39 is 0 Å². The van der Waals surface area contributed by atoms with E-state index in [9.17, 15) is 9.59 Å². The number of carbonyl (C=O) groups excluding carboxylic acids is 2. The molecule has 0 aliphatic carbocycles. The predicted octanol–water partition coefficient (Wildman–Crippen LogP) is 3.17. The molecule has 0 bridgehead atoms. The molecule has 4 rings (SSSR count). The van der Waals surface area contributed by atoms with Gasteiger partial charge in [0.05, 0.1) is 37.9 Å². The Kier molecular flexibility index (Phi) is 7.62. The highest BCUT2D eigenvalue weighted by Gasteiger charge is 2.28. The van der Waals surface area contributed by atoms with Gasteiger partial charge in [-0.05, 0) is 40.1 Å². The van der Waals surface area contributed by atoms with Gasteiger partial charge in [0.25, 0.3) is 5.91 Å². The minimum absolute atomic E-state index is 0.0348. The van der Waals surface area contributed by atoms with Crippen molar-refractivity contribution in [1.82, 2.24) is 5.32 Å². The monoisotopic (exact) mass is 454 g/mol. The number of fused-ring (bicyclic) bond motifs is 1. The largest absolute Gasteiger partial charge is 0.378 e. The Hall–Kier alpha value is -2.62. The molecule has 0 spiro atoms. The third-order valence-electron chi connectivity index (χ3n) is 5.17. The van der Waals surface area contributed by atoms with Gasteiger partial charge in [-0.15, -0.1) is 11.3 Å². The summed E-state index contributed by atoms with van der Waals surface area (Å²) in [5.74, 6) is -0.123. The number of nitrogens with one attached hydrogen (secondary N) is 1. The third-order valence-corrected chi connectivity index (χ3v) is 6.31. The van der Waals surface area contributed by atoms with Gasteiger partial charge in [0.15, 0.2) is 6.29 Å². The first-order chi connectivity index (χ1) is 15.7. The minimum Gasteiger partial charge on any atom is -0.378 e. The van der Waals surface area contributed by atoms with Gasteiger partial charge in [-0.3, -0.25) is 9.59 Å². The van der Waals surface area contributed by atoms with Crippen LogP contribution in [0.25, 0.3) is 21.2 Å². The fourth-order valence-corrected chi connectivity index (χ4v) is 4.43. The first-order valence-electron chi connectivity index (χ1n) is 10.6. The van der Waals surface area contributed by atoms with Crippen LogP contribution in [0, 0.1) is 0 Å². The van der Waals surface area contributed by atoms with Gasteiger partial charge < -0.3 is 25.3 Å². The average Bonchev–Trinajstić information content (AvgIpc) is 3.54. The fraction of sp³-hybridized carbons (Fsp3) is 0.333. The lowest BCUT2D eigenvalue weighted by Crippen LogP contribution is -2.27. The van der Waals surface area contributed by atoms with Gasteiger partial charge in [0.2, 0.25) is 0 Å². The van der Waals surface area contributed by atoms with E-state index in [1.165, 1.54) is 11.3 Å². The van der Waals surface area contributed by atoms with Crippen LogP contribution < -0.4 is 11.1 Å². The van der Waals surface area contributed by atoms with E-state index in [1.807, 2.05) is 42.5 Å². The third kappa shape index (κ3) is 5.40. The standard InChI is InChI=1S/C24H26N2O5S/c25-7-9-29-11-12-30-10-8-26-24(28)23-6-5-22(32-23)17-2-3-18-16(13-17)1-4-19(20(18)14-27)21-15-31-21/h1-6,13-14,21H,7-12,15,25H2,(H,26,28). The molecule has 1 saturated heterocycles. The van der Waals surface area contributed by atoms with Crippen molar-refractivity contribution < 1.29 is 23.8 Å². The van der Waals surface area contributed by atoms with Crippen LogP contribution in [0.2, 0.25) is 0 Å². The number of thiophene rings is 1. The van der Waals surface area contributed by atoms with Crippen molar-refractivity contribution in [2.24, 2.45) is 5.73 Å². The van der Waals surface area contributed by atoms with Gasteiger partial charge in [-0.1, -0.05) is 24.3 Å². The number of benzene rings is 2. The number of aldehydes is 1. The summed E-state index contributed by atoms with van der Waals surface area (Å²) in [6.07, 6.45) is 0.941. The summed E-state index contributed by atoms with van der Waals surface area (Å²) in [4.78, 5) is 25.7. The van der Waals surface area contributed by atoms with Gasteiger partial charge in [-0.25, -0.2) is 0 Å². The van der Waals surface area contributed by atoms with E-state index in [-0.39, 0.29) is 12.0 Å². The maximum absolute atomic E-state index is 12.4. The Bertz CT molecular complexity index is 1090. The van der Waals surface area contributed by atoms with Crippen LogP contribution in [-0.2, 0) is 14.2 Å². The van der Waals surface area contributed by atoms with Crippen molar-refractivity contribution >= 4 is 34.3 Å². The summed E-state index contributed by atoms with van der Waals surface area (Å²) < 4.78 is 16.0. The van der Waals surface area contributed by atoms with Crippen molar-refractivity contribution in [2.45, 2.75) is 6.10 Å². The first kappa shape index (κ1) is 22.6. The molecule has 2 aromatic carbocycles. The second-order valence-corrected chi connectivity index (χ2v) is 8.46. The molecule has 1 aromatic heterocycles. The zero-order valence-electron chi connectivity index (χ0n) is 17.7. The smallest absolute Gasteiger partial charge is 0.261 e. The van der Waals surface area contributed by atoms with Crippen molar-refractivity contribution in [3.05, 3.63) is 58.5 Å². The topological polar surface area (TPSA) is 103 Å². The quantitative estimate of drug-likeness (QED) is 0.248. The van der Waals surface area contributed by atoms with Crippen molar-refractivity contribution in [3.8, 4) is 10.4 Å². The van der Waals surface area contributed by atoms with Crippen molar-refractivity contribution in [3.63, 3.8) is 0 Å². The molecule has 1 unspecified atom stereocenters. The molecule has 1 fully saturated rings. The maximum Gasteiger partial charge on any atom is 0.261 e. The van der Waals surface area contributed by atoms with Gasteiger partial charge >= 0.3 is 0 Å². The molecular formula is C24H26N2O5S. The number of hydrogen-bond acceptors (Lipinski definition) is 7. The number of rotatable bonds is 12. The number of amides is 1. The van der Waals surface area contributed by atoms with Crippen LogP contribution in [0.5, 0.6) is 0 Å². The predicted molar refractivity (Wildman–Crippen MR) is 124 cm³/mol. The Balaban J connectivity index is 1.36. The normalized spacial score (nSPS) is 15.1. The molecular weight excluding hydrogens is 428 g/mol. The highest BCUT2D eigenvalue weighted by Crippen LogP contribution is 2.37. The highest BCUT2D eigenvalue weighted by atomic mass is 32.1. The second-order valence-electron chi connectivity index (χ2n) is 7.38. The number of carbonyl (C=O) groups is 2. The Morgan fingerprint density at radius 2 is 1.94 bits per heavy atom. The number of epoxide rings is 1. The molecule has 8 heteroatoms. The number of hydrogen-bond donors (Lipinski definition) is 2. The molecule has 1 amide bonds. The molecule has 3 N–H and O–H groups in total. The minimum atomic E-state index is -0.123. The summed E-state index contributed by atoms with van der Waals surface area (Å²) in [6, 6.07) is 13.8. The van der Waals surface area contributed by atoms with Crippen LogP contribution >= 0.6 is 11.3 Å². The van der Waals surface area contributed by atoms with Crippen LogP contribution in [0.1, 0.15) is 31.7 Å². The summed E-state index contributed by atoms with van der Waals surface area (Å²) in [5, 5.41) is 4.77. The lowest BCUT2D eigenvalue weighted by Gasteiger charge is -2.08. The summed E-state index contributed by atoms with van der Waals surface area (Å²) in [6.45, 7) is 3.51. The summed E-state index contributed by atoms with van der Waals surface area (Å²) in [5.41, 5.74) is 7.99. The molecule has 0 radical (unpaired) electrons. The molecule has 32 heavy (non-hydrogen) atoms. The lowest BCUT2D eigenvalue weighted by atomic mass is 9.96. The van der Waals surface area contributed by atoms with Crippen LogP contribution in [-0.4, -0.2) is 58.3 Å². The molecule has 7 nitrogen and oxygen atoms in total. The molecule has 1 aliphatic rings. The van der Waals surface area contributed by atoms with Crippen LogP contribution in [0.15, 0.2) is 42.5 Å². The number of nitrogens with two attached hydrogens (primary N) is 1. The van der Waals surface area contributed by atoms with E-state index >= 15 is 0 Å². The summed E-state index contributed by atoms with van der Waals surface area (Å²) in [7, 11) is 0. The van der Waals surface area contributed by atoms with Gasteiger partial charge in [0.1, 0.15) is 6.10 Å². The Morgan fingerprint density at radius 1 is 1.12 bits per heavy atom. The molecule has 168 valence electrons. The van der Waals surface area contributed by atoms with E-state index in [4.69, 9.17) is 19.9 Å². The average molecular weight is 455 g/mol. The fourth-order valence-electron chi connectivity index (χ4n) is 3.51. The Morgan fingerprint density at radius 3 is 2.69 bits per heavy atom. The van der Waals surface area contributed by atoms with Crippen molar-refractivity contribution in [1.29, 1.82) is 0 Å².